The van der Waals surface area contributed by atoms with E-state index < -0.39 is 34.3 Å². The van der Waals surface area contributed by atoms with Gasteiger partial charge in [-0.15, -0.1) is 0 Å². The van der Waals surface area contributed by atoms with Gasteiger partial charge in [-0.3, -0.25) is 13.9 Å². The molecule has 1 N–H and O–H groups in total. The van der Waals surface area contributed by atoms with E-state index >= 15 is 0 Å². The average Bonchev–Trinajstić information content (AvgIpc) is 2.97. The lowest BCUT2D eigenvalue weighted by Gasteiger charge is -2.33. The van der Waals surface area contributed by atoms with Gasteiger partial charge in [0.2, 0.25) is 11.8 Å². The summed E-state index contributed by atoms with van der Waals surface area (Å²) in [7, 11) is -2.77. The number of anilines is 1. The van der Waals surface area contributed by atoms with Gasteiger partial charge in [0.05, 0.1) is 22.2 Å². The van der Waals surface area contributed by atoms with Gasteiger partial charge in [0.1, 0.15) is 24.2 Å². The molecule has 8 nitrogen and oxygen atoms in total. The standard InChI is InChI=1S/C31H37BrFN3O5S/c1-5-7-18-34-31(38)28(6-2)35(20-23-10-12-24(33)13-11-23)30(37)21-36(25-14-8-22(3)9-15-25)42(39,40)26-16-17-29(41-4)27(32)19-26/h8-17,19,28H,5-7,18,20-21H2,1-4H3,(H,34,38)/t28-/m0/s1. The van der Waals surface area contributed by atoms with Crippen molar-refractivity contribution >= 4 is 43.5 Å². The normalized spacial score (nSPS) is 12.0. The second-order valence-electron chi connectivity index (χ2n) is 9.86. The van der Waals surface area contributed by atoms with E-state index in [1.807, 2.05) is 13.8 Å². The van der Waals surface area contributed by atoms with Gasteiger partial charge in [-0.2, -0.15) is 0 Å². The Labute approximate surface area is 256 Å². The second-order valence-corrected chi connectivity index (χ2v) is 12.6. The van der Waals surface area contributed by atoms with Crippen molar-refractivity contribution in [2.45, 2.75) is 57.5 Å². The predicted octanol–water partition coefficient (Wildman–Crippen LogP) is 5.82. The van der Waals surface area contributed by atoms with Crippen LogP contribution in [0.3, 0.4) is 0 Å². The molecule has 0 spiro atoms. The SMILES string of the molecule is CCCCNC(=O)[C@H](CC)N(Cc1ccc(F)cc1)C(=O)CN(c1ccc(C)cc1)S(=O)(=O)c1ccc(OC)c(Br)c1. The van der Waals surface area contributed by atoms with E-state index in [4.69, 9.17) is 4.74 Å². The molecule has 11 heteroatoms. The molecule has 0 saturated carbocycles. The smallest absolute Gasteiger partial charge is 0.264 e. The fourth-order valence-corrected chi connectivity index (χ4v) is 6.52. The molecular weight excluding hydrogens is 625 g/mol. The molecule has 0 aromatic heterocycles. The van der Waals surface area contributed by atoms with Crippen molar-refractivity contribution < 1.29 is 27.1 Å². The van der Waals surface area contributed by atoms with E-state index in [2.05, 4.69) is 21.2 Å². The number of benzene rings is 3. The van der Waals surface area contributed by atoms with Crippen molar-refractivity contribution in [2.24, 2.45) is 0 Å². The van der Waals surface area contributed by atoms with Crippen molar-refractivity contribution in [2.75, 3.05) is 24.5 Å². The molecule has 0 aliphatic rings. The van der Waals surface area contributed by atoms with Gasteiger partial charge in [-0.1, -0.05) is 50.1 Å². The van der Waals surface area contributed by atoms with Gasteiger partial charge in [-0.05, 0) is 83.7 Å². The van der Waals surface area contributed by atoms with Gasteiger partial charge in [0.15, 0.2) is 0 Å². The molecule has 0 aliphatic heterocycles. The van der Waals surface area contributed by atoms with E-state index in [1.165, 1.54) is 42.3 Å². The van der Waals surface area contributed by atoms with Crippen LogP contribution in [-0.2, 0) is 26.2 Å². The Balaban J connectivity index is 2.05. The summed E-state index contributed by atoms with van der Waals surface area (Å²) in [6.07, 6.45) is 1.97. The van der Waals surface area contributed by atoms with Crippen LogP contribution in [0.25, 0.3) is 0 Å². The van der Waals surface area contributed by atoms with Crippen LogP contribution >= 0.6 is 15.9 Å². The molecule has 42 heavy (non-hydrogen) atoms. The summed E-state index contributed by atoms with van der Waals surface area (Å²) in [6, 6.07) is 15.9. The largest absolute Gasteiger partial charge is 0.496 e. The topological polar surface area (TPSA) is 96.0 Å². The minimum Gasteiger partial charge on any atom is -0.496 e. The van der Waals surface area contributed by atoms with E-state index in [0.717, 1.165) is 22.7 Å². The van der Waals surface area contributed by atoms with E-state index in [-0.39, 0.29) is 17.3 Å². The Morgan fingerprint density at radius 1 is 1.02 bits per heavy atom. The average molecular weight is 663 g/mol. The number of ether oxygens (including phenoxy) is 1. The number of halogens is 2. The highest BCUT2D eigenvalue weighted by Gasteiger charge is 2.34. The van der Waals surface area contributed by atoms with Crippen LogP contribution in [0, 0.1) is 12.7 Å². The number of aryl methyl sites for hydroxylation is 1. The molecular formula is C31H37BrFN3O5S. The minimum atomic E-state index is -4.24. The minimum absolute atomic E-state index is 0.00527. The number of unbranched alkanes of at least 4 members (excludes halogenated alkanes) is 1. The molecule has 3 aromatic rings. The first-order chi connectivity index (χ1) is 20.0. The number of carbonyl (C=O) groups is 2. The summed E-state index contributed by atoms with van der Waals surface area (Å²) in [4.78, 5) is 28.6. The molecule has 0 radical (unpaired) electrons. The molecule has 0 fully saturated rings. The molecule has 226 valence electrons. The summed E-state index contributed by atoms with van der Waals surface area (Å²) in [5.74, 6) is -0.876. The molecule has 0 unspecified atom stereocenters. The van der Waals surface area contributed by atoms with Crippen LogP contribution in [0.15, 0.2) is 76.1 Å². The Kier molecular flexibility index (Phi) is 11.9. The third-order valence-electron chi connectivity index (χ3n) is 6.79. The molecule has 0 bridgehead atoms. The van der Waals surface area contributed by atoms with Gasteiger partial charge < -0.3 is 15.0 Å². The number of hydrogen-bond acceptors (Lipinski definition) is 5. The Morgan fingerprint density at radius 2 is 1.69 bits per heavy atom. The van der Waals surface area contributed by atoms with Crippen LogP contribution in [0.1, 0.15) is 44.2 Å². The lowest BCUT2D eigenvalue weighted by Crippen LogP contribution is -2.52. The molecule has 2 amide bonds. The van der Waals surface area contributed by atoms with Crippen molar-refractivity contribution in [3.63, 3.8) is 0 Å². The van der Waals surface area contributed by atoms with E-state index in [9.17, 15) is 22.4 Å². The van der Waals surface area contributed by atoms with Gasteiger partial charge >= 0.3 is 0 Å². The fourth-order valence-electron chi connectivity index (χ4n) is 4.39. The first-order valence-corrected chi connectivity index (χ1v) is 16.0. The first kappa shape index (κ1) is 33.1. The summed E-state index contributed by atoms with van der Waals surface area (Å²) >= 11 is 3.35. The van der Waals surface area contributed by atoms with Crippen LogP contribution in [-0.4, -0.2) is 51.4 Å². The third-order valence-corrected chi connectivity index (χ3v) is 9.18. The molecule has 3 rings (SSSR count). The second kappa shape index (κ2) is 15.2. The molecule has 3 aromatic carbocycles. The molecule has 0 saturated heterocycles. The van der Waals surface area contributed by atoms with Gasteiger partial charge in [0, 0.05) is 13.1 Å². The van der Waals surface area contributed by atoms with Crippen LogP contribution in [0.2, 0.25) is 0 Å². The number of nitrogens with zero attached hydrogens (tertiary/aromatic N) is 2. The fraction of sp³-hybridized carbons (Fsp3) is 0.355. The van der Waals surface area contributed by atoms with Crippen molar-refractivity contribution in [3.05, 3.63) is 88.1 Å². The zero-order chi connectivity index (χ0) is 30.9. The van der Waals surface area contributed by atoms with E-state index in [0.29, 0.717) is 34.4 Å². The number of carbonyl (C=O) groups excluding carboxylic acids is 2. The Bertz CT molecular complexity index is 1470. The van der Waals surface area contributed by atoms with Crippen molar-refractivity contribution in [3.8, 4) is 5.75 Å². The maximum atomic E-state index is 14.1. The van der Waals surface area contributed by atoms with Gasteiger partial charge in [-0.25, -0.2) is 12.8 Å². The Hall–Kier alpha value is -3.44. The number of methoxy groups -OCH3 is 1. The van der Waals surface area contributed by atoms with Crippen molar-refractivity contribution in [1.29, 1.82) is 0 Å². The summed E-state index contributed by atoms with van der Waals surface area (Å²) in [5, 5.41) is 2.89. The highest BCUT2D eigenvalue weighted by atomic mass is 79.9. The zero-order valence-electron chi connectivity index (χ0n) is 24.3. The summed E-state index contributed by atoms with van der Waals surface area (Å²) < 4.78 is 48.5. The van der Waals surface area contributed by atoms with Crippen LogP contribution < -0.4 is 14.4 Å². The predicted molar refractivity (Wildman–Crippen MR) is 165 cm³/mol. The van der Waals surface area contributed by atoms with Crippen LogP contribution in [0.4, 0.5) is 10.1 Å². The maximum Gasteiger partial charge on any atom is 0.264 e. The van der Waals surface area contributed by atoms with Gasteiger partial charge in [0.25, 0.3) is 10.0 Å². The van der Waals surface area contributed by atoms with Crippen LogP contribution in [0.5, 0.6) is 5.75 Å². The number of sulfonamides is 1. The summed E-state index contributed by atoms with van der Waals surface area (Å²) in [5.41, 5.74) is 1.82. The number of hydrogen-bond donors (Lipinski definition) is 1. The molecule has 1 atom stereocenters. The zero-order valence-corrected chi connectivity index (χ0v) is 26.7. The lowest BCUT2D eigenvalue weighted by molar-refractivity contribution is -0.140. The molecule has 0 aliphatic carbocycles. The Morgan fingerprint density at radius 3 is 2.26 bits per heavy atom. The highest BCUT2D eigenvalue weighted by molar-refractivity contribution is 9.10. The number of nitrogens with one attached hydrogen (secondary N) is 1. The first-order valence-electron chi connectivity index (χ1n) is 13.8. The van der Waals surface area contributed by atoms with Crippen molar-refractivity contribution in [1.82, 2.24) is 10.2 Å². The number of amides is 2. The van der Waals surface area contributed by atoms with E-state index in [1.54, 1.807) is 43.3 Å². The third kappa shape index (κ3) is 8.32. The summed E-state index contributed by atoms with van der Waals surface area (Å²) in [6.45, 7) is 5.57. The quantitative estimate of drug-likeness (QED) is 0.220. The lowest BCUT2D eigenvalue weighted by atomic mass is 10.1. The maximum absolute atomic E-state index is 14.1. The highest BCUT2D eigenvalue weighted by Crippen LogP contribution is 2.31. The monoisotopic (exact) mass is 661 g/mol. The number of rotatable bonds is 14. The molecule has 0 heterocycles.